The number of thioether (sulfide) groups is 1. The highest BCUT2D eigenvalue weighted by molar-refractivity contribution is 9.11. The SMILES string of the molecule is CSc1ccc(CN(C)S(=O)(=O)c2cc(Cl)c(Br)s2)cc1. The monoisotopic (exact) mass is 425 g/mol. The molecule has 0 N–H and O–H groups in total. The molecule has 1 heterocycles. The van der Waals surface area contributed by atoms with Crippen LogP contribution in [0.25, 0.3) is 0 Å². The number of benzene rings is 1. The summed E-state index contributed by atoms with van der Waals surface area (Å²) in [6.45, 7) is 0.324. The molecular formula is C13H13BrClNO2S3. The Hall–Kier alpha value is -0.0500. The van der Waals surface area contributed by atoms with Crippen molar-refractivity contribution in [1.82, 2.24) is 4.31 Å². The maximum Gasteiger partial charge on any atom is 0.252 e. The summed E-state index contributed by atoms with van der Waals surface area (Å²) >= 11 is 11.9. The summed E-state index contributed by atoms with van der Waals surface area (Å²) < 4.78 is 27.1. The highest BCUT2D eigenvalue weighted by Crippen LogP contribution is 2.35. The minimum atomic E-state index is -3.52. The van der Waals surface area contributed by atoms with Gasteiger partial charge in [-0.05, 0) is 45.9 Å². The molecule has 114 valence electrons. The third-order valence-corrected chi connectivity index (χ3v) is 8.32. The molecule has 0 atom stereocenters. The van der Waals surface area contributed by atoms with Gasteiger partial charge in [-0.15, -0.1) is 23.1 Å². The van der Waals surface area contributed by atoms with Crippen LogP contribution in [0.3, 0.4) is 0 Å². The summed E-state index contributed by atoms with van der Waals surface area (Å²) in [4.78, 5) is 1.15. The van der Waals surface area contributed by atoms with Gasteiger partial charge in [0, 0.05) is 18.5 Å². The third kappa shape index (κ3) is 4.03. The summed E-state index contributed by atoms with van der Waals surface area (Å²) in [6, 6.07) is 9.32. The maximum absolute atomic E-state index is 12.5. The molecule has 0 unspecified atom stereocenters. The predicted molar refractivity (Wildman–Crippen MR) is 93.9 cm³/mol. The van der Waals surface area contributed by atoms with Crippen molar-refractivity contribution in [2.24, 2.45) is 0 Å². The van der Waals surface area contributed by atoms with Gasteiger partial charge in [0.1, 0.15) is 4.21 Å². The molecule has 0 amide bonds. The lowest BCUT2D eigenvalue weighted by Crippen LogP contribution is -2.25. The largest absolute Gasteiger partial charge is 0.252 e. The van der Waals surface area contributed by atoms with Crippen molar-refractivity contribution < 1.29 is 8.42 Å². The smallest absolute Gasteiger partial charge is 0.206 e. The van der Waals surface area contributed by atoms with Crippen molar-refractivity contribution in [1.29, 1.82) is 0 Å². The second-order valence-electron chi connectivity index (χ2n) is 4.30. The molecule has 0 bridgehead atoms. The topological polar surface area (TPSA) is 37.4 Å². The van der Waals surface area contributed by atoms with Crippen LogP contribution in [-0.4, -0.2) is 26.0 Å². The fourth-order valence-corrected chi connectivity index (χ4v) is 5.86. The minimum absolute atomic E-state index is 0.239. The average molecular weight is 427 g/mol. The molecule has 0 aliphatic heterocycles. The maximum atomic E-state index is 12.5. The Kier molecular flexibility index (Phi) is 5.78. The molecule has 0 aliphatic rings. The average Bonchev–Trinajstić information content (AvgIpc) is 2.80. The van der Waals surface area contributed by atoms with E-state index in [9.17, 15) is 8.42 Å². The van der Waals surface area contributed by atoms with Gasteiger partial charge < -0.3 is 0 Å². The third-order valence-electron chi connectivity index (χ3n) is 2.85. The lowest BCUT2D eigenvalue weighted by atomic mass is 10.2. The fraction of sp³-hybridized carbons (Fsp3) is 0.231. The van der Waals surface area contributed by atoms with Crippen LogP contribution in [0.15, 0.2) is 43.2 Å². The Bertz CT molecular complexity index is 709. The molecule has 8 heteroatoms. The van der Waals surface area contributed by atoms with Crippen molar-refractivity contribution in [3.8, 4) is 0 Å². The van der Waals surface area contributed by atoms with Crippen molar-refractivity contribution in [3.05, 3.63) is 44.7 Å². The molecule has 0 radical (unpaired) electrons. The second kappa shape index (κ2) is 7.02. The molecular weight excluding hydrogens is 414 g/mol. The van der Waals surface area contributed by atoms with Crippen LogP contribution in [0.4, 0.5) is 0 Å². The Morgan fingerprint density at radius 2 is 1.95 bits per heavy atom. The first-order chi connectivity index (χ1) is 9.84. The molecule has 0 saturated heterocycles. The van der Waals surface area contributed by atoms with Crippen molar-refractivity contribution in [2.75, 3.05) is 13.3 Å². The summed E-state index contributed by atoms with van der Waals surface area (Å²) in [5.41, 5.74) is 0.945. The van der Waals surface area contributed by atoms with Gasteiger partial charge in [0.25, 0.3) is 10.0 Å². The van der Waals surface area contributed by atoms with Crippen LogP contribution in [-0.2, 0) is 16.6 Å². The van der Waals surface area contributed by atoms with E-state index >= 15 is 0 Å². The zero-order valence-electron chi connectivity index (χ0n) is 11.3. The van der Waals surface area contributed by atoms with Crippen LogP contribution < -0.4 is 0 Å². The Balaban J connectivity index is 2.19. The highest BCUT2D eigenvalue weighted by atomic mass is 79.9. The lowest BCUT2D eigenvalue weighted by molar-refractivity contribution is 0.468. The van der Waals surface area contributed by atoms with Crippen LogP contribution in [0.5, 0.6) is 0 Å². The van der Waals surface area contributed by atoms with Gasteiger partial charge in [-0.3, -0.25) is 0 Å². The second-order valence-corrected chi connectivity index (χ2v) is 10.2. The van der Waals surface area contributed by atoms with Crippen LogP contribution in [0.2, 0.25) is 5.02 Å². The predicted octanol–water partition coefficient (Wildman–Crippen LogP) is 4.71. The number of hydrogen-bond acceptors (Lipinski definition) is 4. The summed E-state index contributed by atoms with van der Waals surface area (Å²) in [6.07, 6.45) is 2.00. The van der Waals surface area contributed by atoms with E-state index in [0.717, 1.165) is 21.8 Å². The van der Waals surface area contributed by atoms with Crippen molar-refractivity contribution >= 4 is 60.7 Å². The van der Waals surface area contributed by atoms with E-state index in [1.807, 2.05) is 30.5 Å². The molecule has 1 aromatic carbocycles. The van der Waals surface area contributed by atoms with E-state index < -0.39 is 10.0 Å². The number of halogens is 2. The Labute approximate surface area is 146 Å². The molecule has 3 nitrogen and oxygen atoms in total. The fourth-order valence-electron chi connectivity index (χ4n) is 1.68. The normalized spacial score (nSPS) is 12.0. The van der Waals surface area contributed by atoms with Crippen molar-refractivity contribution in [2.45, 2.75) is 15.6 Å². The van der Waals surface area contributed by atoms with Crippen LogP contribution in [0, 0.1) is 0 Å². The number of nitrogens with zero attached hydrogens (tertiary/aromatic N) is 1. The molecule has 0 fully saturated rings. The highest BCUT2D eigenvalue weighted by Gasteiger charge is 2.24. The molecule has 0 spiro atoms. The first-order valence-corrected chi connectivity index (χ1v) is 10.5. The van der Waals surface area contributed by atoms with E-state index in [-0.39, 0.29) is 4.21 Å². The van der Waals surface area contributed by atoms with Gasteiger partial charge in [0.05, 0.1) is 8.81 Å². The molecule has 0 saturated carbocycles. The van der Waals surface area contributed by atoms with Gasteiger partial charge in [-0.2, -0.15) is 4.31 Å². The standard InChI is InChI=1S/C13H13BrClNO2S3/c1-16(8-9-3-5-10(19-2)6-4-9)21(17,18)12-7-11(15)13(14)20-12/h3-7H,8H2,1-2H3. The first-order valence-electron chi connectivity index (χ1n) is 5.88. The van der Waals surface area contributed by atoms with E-state index in [1.54, 1.807) is 18.8 Å². The van der Waals surface area contributed by atoms with Crippen molar-refractivity contribution in [3.63, 3.8) is 0 Å². The summed E-state index contributed by atoms with van der Waals surface area (Å²) in [5, 5.41) is 0.413. The molecule has 0 aliphatic carbocycles. The lowest BCUT2D eigenvalue weighted by Gasteiger charge is -2.16. The van der Waals surface area contributed by atoms with E-state index in [4.69, 9.17) is 11.6 Å². The van der Waals surface area contributed by atoms with Gasteiger partial charge >= 0.3 is 0 Å². The Morgan fingerprint density at radius 3 is 2.43 bits per heavy atom. The molecule has 21 heavy (non-hydrogen) atoms. The number of rotatable bonds is 5. The number of hydrogen-bond donors (Lipinski definition) is 0. The Morgan fingerprint density at radius 1 is 1.33 bits per heavy atom. The molecule has 1 aromatic heterocycles. The van der Waals surface area contributed by atoms with E-state index in [1.165, 1.54) is 10.4 Å². The molecule has 2 aromatic rings. The first kappa shape index (κ1) is 17.3. The molecule has 2 rings (SSSR count). The zero-order chi connectivity index (χ0) is 15.6. The number of sulfonamides is 1. The van der Waals surface area contributed by atoms with Crippen LogP contribution in [0.1, 0.15) is 5.56 Å². The van der Waals surface area contributed by atoms with E-state index in [2.05, 4.69) is 15.9 Å². The summed E-state index contributed by atoms with van der Waals surface area (Å²) in [5.74, 6) is 0. The van der Waals surface area contributed by atoms with Gasteiger partial charge in [-0.1, -0.05) is 23.7 Å². The number of thiophene rings is 1. The van der Waals surface area contributed by atoms with Gasteiger partial charge in [0.2, 0.25) is 0 Å². The zero-order valence-corrected chi connectivity index (χ0v) is 16.1. The van der Waals surface area contributed by atoms with Gasteiger partial charge in [-0.25, -0.2) is 8.42 Å². The minimum Gasteiger partial charge on any atom is -0.206 e. The quantitative estimate of drug-likeness (QED) is 0.650. The van der Waals surface area contributed by atoms with Gasteiger partial charge in [0.15, 0.2) is 0 Å². The summed E-state index contributed by atoms with van der Waals surface area (Å²) in [7, 11) is -1.95. The van der Waals surface area contributed by atoms with E-state index in [0.29, 0.717) is 15.4 Å². The van der Waals surface area contributed by atoms with Crippen LogP contribution >= 0.6 is 50.6 Å².